The summed E-state index contributed by atoms with van der Waals surface area (Å²) in [6.07, 6.45) is 3.09. The highest BCUT2D eigenvalue weighted by atomic mass is 35.5. The molecule has 1 amide bonds. The van der Waals surface area contributed by atoms with Crippen LogP contribution in [0.15, 0.2) is 6.33 Å². The zero-order chi connectivity index (χ0) is 12.1. The molecule has 0 unspecified atom stereocenters. The van der Waals surface area contributed by atoms with Crippen molar-refractivity contribution in [3.63, 3.8) is 0 Å². The number of hydrogen-bond donors (Lipinski definition) is 1. The number of carbonyl (C=O) groups is 1. The lowest BCUT2D eigenvalue weighted by molar-refractivity contribution is -0.116. The van der Waals surface area contributed by atoms with Crippen LogP contribution >= 0.6 is 11.6 Å². The molecule has 1 rings (SSSR count). The van der Waals surface area contributed by atoms with Gasteiger partial charge < -0.3 is 10.6 Å². The van der Waals surface area contributed by atoms with E-state index in [1.807, 2.05) is 6.92 Å². The quantitative estimate of drug-likeness (QED) is 0.782. The van der Waals surface area contributed by atoms with Crippen molar-refractivity contribution in [1.82, 2.24) is 9.97 Å². The van der Waals surface area contributed by atoms with E-state index in [9.17, 15) is 4.79 Å². The fourth-order valence-electron chi connectivity index (χ4n) is 1.48. The molecule has 0 saturated carbocycles. The molecule has 88 valence electrons. The van der Waals surface area contributed by atoms with Crippen LogP contribution in [0.1, 0.15) is 18.9 Å². The molecular formula is C10H15ClN4O. The number of halogens is 1. The number of rotatable bonds is 5. The van der Waals surface area contributed by atoms with Crippen LogP contribution in [0.25, 0.3) is 0 Å². The first-order valence-corrected chi connectivity index (χ1v) is 5.42. The van der Waals surface area contributed by atoms with Crippen molar-refractivity contribution in [1.29, 1.82) is 0 Å². The summed E-state index contributed by atoms with van der Waals surface area (Å²) in [5, 5.41) is 0.433. The van der Waals surface area contributed by atoms with Gasteiger partial charge in [-0.3, -0.25) is 4.79 Å². The summed E-state index contributed by atoms with van der Waals surface area (Å²) in [4.78, 5) is 20.6. The van der Waals surface area contributed by atoms with Crippen LogP contribution in [0.2, 0.25) is 5.15 Å². The third kappa shape index (κ3) is 3.06. The number of amides is 1. The van der Waals surface area contributed by atoms with Gasteiger partial charge in [-0.05, 0) is 6.42 Å². The van der Waals surface area contributed by atoms with Gasteiger partial charge in [-0.25, -0.2) is 9.97 Å². The van der Waals surface area contributed by atoms with E-state index in [2.05, 4.69) is 9.97 Å². The molecule has 0 bridgehead atoms. The zero-order valence-corrected chi connectivity index (χ0v) is 10.2. The van der Waals surface area contributed by atoms with Gasteiger partial charge in [0.2, 0.25) is 5.91 Å². The molecule has 0 saturated heterocycles. The Labute approximate surface area is 99.6 Å². The maximum Gasteiger partial charge on any atom is 0.236 e. The van der Waals surface area contributed by atoms with Crippen molar-refractivity contribution in [3.05, 3.63) is 17.0 Å². The van der Waals surface area contributed by atoms with E-state index in [1.54, 1.807) is 11.9 Å². The minimum Gasteiger partial charge on any atom is -0.368 e. The summed E-state index contributed by atoms with van der Waals surface area (Å²) in [6.45, 7) is 2.16. The summed E-state index contributed by atoms with van der Waals surface area (Å²) in [5.41, 5.74) is 5.99. The monoisotopic (exact) mass is 242 g/mol. The average Bonchev–Trinajstić information content (AvgIpc) is 2.20. The Hall–Kier alpha value is -1.36. The van der Waals surface area contributed by atoms with E-state index in [1.165, 1.54) is 6.33 Å². The second-order valence-corrected chi connectivity index (χ2v) is 3.90. The summed E-state index contributed by atoms with van der Waals surface area (Å²) in [7, 11) is 1.75. The van der Waals surface area contributed by atoms with E-state index in [4.69, 9.17) is 17.3 Å². The normalized spacial score (nSPS) is 10.2. The fraction of sp³-hybridized carbons (Fsp3) is 0.500. The summed E-state index contributed by atoms with van der Waals surface area (Å²) in [5.74, 6) is 0.264. The van der Waals surface area contributed by atoms with Crippen LogP contribution in [0, 0.1) is 0 Å². The summed E-state index contributed by atoms with van der Waals surface area (Å²) in [6, 6.07) is 0. The molecule has 0 aliphatic rings. The Morgan fingerprint density at radius 3 is 2.81 bits per heavy atom. The smallest absolute Gasteiger partial charge is 0.236 e. The zero-order valence-electron chi connectivity index (χ0n) is 9.40. The average molecular weight is 243 g/mol. The van der Waals surface area contributed by atoms with E-state index < -0.39 is 5.91 Å². The number of hydrogen-bond acceptors (Lipinski definition) is 4. The molecular weight excluding hydrogens is 228 g/mol. The Bertz CT molecular complexity index is 383. The predicted octanol–water partition coefficient (Wildman–Crippen LogP) is 1.00. The summed E-state index contributed by atoms with van der Waals surface area (Å²) < 4.78 is 0. The molecule has 0 spiro atoms. The molecule has 2 N–H and O–H groups in total. The number of primary amides is 1. The second kappa shape index (κ2) is 5.65. The van der Waals surface area contributed by atoms with E-state index in [0.717, 1.165) is 18.4 Å². The molecule has 0 aromatic carbocycles. The molecule has 0 radical (unpaired) electrons. The van der Waals surface area contributed by atoms with Crippen molar-refractivity contribution >= 4 is 23.3 Å². The van der Waals surface area contributed by atoms with E-state index >= 15 is 0 Å². The number of aromatic nitrogens is 2. The largest absolute Gasteiger partial charge is 0.368 e. The topological polar surface area (TPSA) is 72.1 Å². The number of anilines is 1. The minimum absolute atomic E-state index is 0.115. The Balaban J connectivity index is 3.01. The molecule has 0 aliphatic carbocycles. The van der Waals surface area contributed by atoms with Gasteiger partial charge in [-0.1, -0.05) is 24.9 Å². The van der Waals surface area contributed by atoms with Crippen molar-refractivity contribution < 1.29 is 4.79 Å². The molecule has 1 aromatic heterocycles. The third-order valence-electron chi connectivity index (χ3n) is 2.12. The van der Waals surface area contributed by atoms with Crippen LogP contribution in [-0.4, -0.2) is 29.5 Å². The van der Waals surface area contributed by atoms with Gasteiger partial charge in [0.15, 0.2) is 0 Å². The Morgan fingerprint density at radius 2 is 2.25 bits per heavy atom. The lowest BCUT2D eigenvalue weighted by atomic mass is 10.2. The SMILES string of the molecule is CCCc1c(Cl)ncnc1N(C)CC(N)=O. The number of carbonyl (C=O) groups excluding carboxylic acids is 1. The molecule has 1 heterocycles. The molecule has 0 atom stereocenters. The first-order valence-electron chi connectivity index (χ1n) is 5.05. The van der Waals surface area contributed by atoms with Crippen molar-refractivity contribution in [2.45, 2.75) is 19.8 Å². The summed E-state index contributed by atoms with van der Waals surface area (Å²) >= 11 is 5.99. The van der Waals surface area contributed by atoms with Crippen LogP contribution in [0.4, 0.5) is 5.82 Å². The van der Waals surface area contributed by atoms with E-state index in [-0.39, 0.29) is 6.54 Å². The third-order valence-corrected chi connectivity index (χ3v) is 2.45. The minimum atomic E-state index is -0.403. The first-order chi connectivity index (χ1) is 7.56. The highest BCUT2D eigenvalue weighted by Gasteiger charge is 2.14. The van der Waals surface area contributed by atoms with Crippen LogP contribution in [-0.2, 0) is 11.2 Å². The lowest BCUT2D eigenvalue weighted by Crippen LogP contribution is -2.31. The Morgan fingerprint density at radius 1 is 1.56 bits per heavy atom. The van der Waals surface area contributed by atoms with Gasteiger partial charge in [0.05, 0.1) is 6.54 Å². The highest BCUT2D eigenvalue weighted by molar-refractivity contribution is 6.30. The number of nitrogens with two attached hydrogens (primary N) is 1. The van der Waals surface area contributed by atoms with Gasteiger partial charge in [0.25, 0.3) is 0 Å². The maximum absolute atomic E-state index is 10.8. The molecule has 1 aromatic rings. The van der Waals surface area contributed by atoms with Gasteiger partial charge in [-0.15, -0.1) is 0 Å². The second-order valence-electron chi connectivity index (χ2n) is 3.54. The molecule has 6 heteroatoms. The van der Waals surface area contributed by atoms with Crippen molar-refractivity contribution in [2.75, 3.05) is 18.5 Å². The molecule has 0 fully saturated rings. The molecule has 0 aliphatic heterocycles. The predicted molar refractivity (Wildman–Crippen MR) is 63.5 cm³/mol. The van der Waals surface area contributed by atoms with Gasteiger partial charge in [0, 0.05) is 12.6 Å². The molecule has 5 nitrogen and oxygen atoms in total. The number of nitrogens with zero attached hydrogens (tertiary/aromatic N) is 3. The van der Waals surface area contributed by atoms with Crippen LogP contribution in [0.3, 0.4) is 0 Å². The Kier molecular flexibility index (Phi) is 4.49. The van der Waals surface area contributed by atoms with E-state index in [0.29, 0.717) is 11.0 Å². The molecule has 16 heavy (non-hydrogen) atoms. The fourth-order valence-corrected chi connectivity index (χ4v) is 1.71. The van der Waals surface area contributed by atoms with Crippen LogP contribution in [0.5, 0.6) is 0 Å². The highest BCUT2D eigenvalue weighted by Crippen LogP contribution is 2.23. The number of likely N-dealkylation sites (N-methyl/N-ethyl adjacent to an activating group) is 1. The van der Waals surface area contributed by atoms with Gasteiger partial charge in [-0.2, -0.15) is 0 Å². The van der Waals surface area contributed by atoms with Crippen molar-refractivity contribution in [3.8, 4) is 0 Å². The first kappa shape index (κ1) is 12.7. The van der Waals surface area contributed by atoms with Gasteiger partial charge >= 0.3 is 0 Å². The lowest BCUT2D eigenvalue weighted by Gasteiger charge is -2.19. The standard InChI is InChI=1S/C10H15ClN4O/c1-3-4-7-9(11)13-6-14-10(7)15(2)5-8(12)16/h6H,3-5H2,1-2H3,(H2,12,16). The maximum atomic E-state index is 10.8. The van der Waals surface area contributed by atoms with Crippen LogP contribution < -0.4 is 10.6 Å². The van der Waals surface area contributed by atoms with Crippen molar-refractivity contribution in [2.24, 2.45) is 5.73 Å². The van der Waals surface area contributed by atoms with Gasteiger partial charge in [0.1, 0.15) is 17.3 Å².